The van der Waals surface area contributed by atoms with Gasteiger partial charge in [-0.1, -0.05) is 48.0 Å². The quantitative estimate of drug-likeness (QED) is 0.397. The zero-order valence-electron chi connectivity index (χ0n) is 21.8. The van der Waals surface area contributed by atoms with Gasteiger partial charge in [-0.15, -0.1) is 0 Å². The predicted molar refractivity (Wildman–Crippen MR) is 144 cm³/mol. The monoisotopic (exact) mass is 541 g/mol. The molecule has 0 saturated heterocycles. The van der Waals surface area contributed by atoms with E-state index in [-0.39, 0.29) is 28.4 Å². The smallest absolute Gasteiger partial charge is 0.264 e. The van der Waals surface area contributed by atoms with Gasteiger partial charge in [0.15, 0.2) is 0 Å². The first-order valence-corrected chi connectivity index (χ1v) is 13.6. The number of para-hydroxylation sites is 2. The summed E-state index contributed by atoms with van der Waals surface area (Å²) in [6, 6.07) is 17.6. The lowest BCUT2D eigenvalue weighted by Crippen LogP contribution is -2.51. The standard InChI is InChI=1S/C28H32FN3O5S/c1-5-30-28(34)21(3)31(18-22-10-6-7-11-24(22)29)27(33)19-32(25-12-8-9-13-26(25)37-4)38(35,36)23-16-14-20(2)15-17-23/h6-17,21H,5,18-19H2,1-4H3,(H,30,34). The number of nitrogens with one attached hydrogen (secondary N) is 1. The van der Waals surface area contributed by atoms with Crippen LogP contribution in [0.3, 0.4) is 0 Å². The predicted octanol–water partition coefficient (Wildman–Crippen LogP) is 3.89. The second-order valence-corrected chi connectivity index (χ2v) is 10.5. The normalized spacial score (nSPS) is 11.9. The molecule has 0 aliphatic rings. The Morgan fingerprint density at radius 1 is 1.00 bits per heavy atom. The molecule has 1 atom stereocenters. The van der Waals surface area contributed by atoms with Crippen LogP contribution in [0.5, 0.6) is 5.75 Å². The third-order valence-corrected chi connectivity index (χ3v) is 7.83. The van der Waals surface area contributed by atoms with Crippen molar-refractivity contribution in [1.82, 2.24) is 10.2 Å². The Balaban J connectivity index is 2.08. The molecular formula is C28H32FN3O5S. The highest BCUT2D eigenvalue weighted by Crippen LogP contribution is 2.32. The lowest BCUT2D eigenvalue weighted by Gasteiger charge is -2.32. The molecule has 0 heterocycles. The van der Waals surface area contributed by atoms with Crippen molar-refractivity contribution in [3.63, 3.8) is 0 Å². The van der Waals surface area contributed by atoms with Crippen molar-refractivity contribution < 1.29 is 27.1 Å². The largest absolute Gasteiger partial charge is 0.495 e. The first-order chi connectivity index (χ1) is 18.1. The maximum Gasteiger partial charge on any atom is 0.264 e. The Hall–Kier alpha value is -3.92. The molecule has 0 aromatic heterocycles. The number of methoxy groups -OCH3 is 1. The fourth-order valence-corrected chi connectivity index (χ4v) is 5.33. The molecule has 0 saturated carbocycles. The maximum absolute atomic E-state index is 14.5. The minimum absolute atomic E-state index is 0.0146. The molecule has 3 aromatic carbocycles. The molecule has 0 aliphatic heterocycles. The minimum Gasteiger partial charge on any atom is -0.495 e. The molecule has 202 valence electrons. The molecule has 2 amide bonds. The van der Waals surface area contributed by atoms with E-state index in [2.05, 4.69) is 5.32 Å². The third kappa shape index (κ3) is 6.49. The molecule has 38 heavy (non-hydrogen) atoms. The summed E-state index contributed by atoms with van der Waals surface area (Å²) in [4.78, 5) is 27.7. The van der Waals surface area contributed by atoms with E-state index in [4.69, 9.17) is 4.74 Å². The van der Waals surface area contributed by atoms with Crippen molar-refractivity contribution in [3.8, 4) is 5.75 Å². The second kappa shape index (κ2) is 12.6. The summed E-state index contributed by atoms with van der Waals surface area (Å²) < 4.78 is 48.6. The fourth-order valence-electron chi connectivity index (χ4n) is 3.90. The molecular weight excluding hydrogens is 509 g/mol. The second-order valence-electron chi connectivity index (χ2n) is 8.68. The number of carbonyl (C=O) groups excluding carboxylic acids is 2. The first kappa shape index (κ1) is 28.6. The number of anilines is 1. The van der Waals surface area contributed by atoms with Gasteiger partial charge in [-0.25, -0.2) is 12.8 Å². The average molecular weight is 542 g/mol. The number of benzene rings is 3. The SMILES string of the molecule is CCNC(=O)C(C)N(Cc1ccccc1F)C(=O)CN(c1ccccc1OC)S(=O)(=O)c1ccc(C)cc1. The number of halogens is 1. The molecule has 1 N–H and O–H groups in total. The summed E-state index contributed by atoms with van der Waals surface area (Å²) in [6.07, 6.45) is 0. The highest BCUT2D eigenvalue weighted by Gasteiger charge is 2.33. The van der Waals surface area contributed by atoms with Crippen LogP contribution >= 0.6 is 0 Å². The molecule has 10 heteroatoms. The number of sulfonamides is 1. The zero-order chi connectivity index (χ0) is 27.9. The highest BCUT2D eigenvalue weighted by atomic mass is 32.2. The highest BCUT2D eigenvalue weighted by molar-refractivity contribution is 7.92. The molecule has 0 bridgehead atoms. The van der Waals surface area contributed by atoms with Crippen LogP contribution in [0.25, 0.3) is 0 Å². The molecule has 3 rings (SSSR count). The van der Waals surface area contributed by atoms with Gasteiger partial charge in [-0.2, -0.15) is 0 Å². The molecule has 0 spiro atoms. The third-order valence-electron chi connectivity index (χ3n) is 6.06. The summed E-state index contributed by atoms with van der Waals surface area (Å²) in [5.41, 5.74) is 1.22. The van der Waals surface area contributed by atoms with E-state index in [0.29, 0.717) is 6.54 Å². The average Bonchev–Trinajstić information content (AvgIpc) is 2.91. The van der Waals surface area contributed by atoms with Gasteiger partial charge in [0.25, 0.3) is 10.0 Å². The number of nitrogens with zero attached hydrogens (tertiary/aromatic N) is 2. The van der Waals surface area contributed by atoms with Crippen LogP contribution < -0.4 is 14.4 Å². The number of hydrogen-bond acceptors (Lipinski definition) is 5. The fraction of sp³-hybridized carbons (Fsp3) is 0.286. The Labute approximate surface area is 223 Å². The van der Waals surface area contributed by atoms with Crippen LogP contribution in [0.1, 0.15) is 25.0 Å². The number of hydrogen-bond donors (Lipinski definition) is 1. The van der Waals surface area contributed by atoms with Gasteiger partial charge in [0.05, 0.1) is 17.7 Å². The van der Waals surface area contributed by atoms with Crippen molar-refractivity contribution in [2.45, 2.75) is 38.3 Å². The Bertz CT molecular complexity index is 1380. The van der Waals surface area contributed by atoms with Gasteiger partial charge in [-0.3, -0.25) is 13.9 Å². The Morgan fingerprint density at radius 2 is 1.63 bits per heavy atom. The number of rotatable bonds is 11. The molecule has 3 aromatic rings. The van der Waals surface area contributed by atoms with Gasteiger partial charge in [0.2, 0.25) is 11.8 Å². The summed E-state index contributed by atoms with van der Waals surface area (Å²) in [5.74, 6) is -1.42. The van der Waals surface area contributed by atoms with E-state index in [1.165, 1.54) is 55.3 Å². The van der Waals surface area contributed by atoms with Crippen LogP contribution in [-0.4, -0.2) is 51.4 Å². The number of aryl methyl sites for hydroxylation is 1. The Kier molecular flexibility index (Phi) is 9.46. The summed E-state index contributed by atoms with van der Waals surface area (Å²) in [6.45, 7) is 4.56. The van der Waals surface area contributed by atoms with Crippen molar-refractivity contribution >= 4 is 27.5 Å². The summed E-state index contributed by atoms with van der Waals surface area (Å²) in [5, 5.41) is 2.67. The molecule has 0 aliphatic carbocycles. The molecule has 1 unspecified atom stereocenters. The Morgan fingerprint density at radius 3 is 2.26 bits per heavy atom. The summed E-state index contributed by atoms with van der Waals surface area (Å²) in [7, 11) is -2.84. The molecule has 0 fully saturated rings. The molecule has 0 radical (unpaired) electrons. The van der Waals surface area contributed by atoms with Crippen molar-refractivity contribution in [3.05, 3.63) is 89.7 Å². The van der Waals surface area contributed by atoms with E-state index in [1.807, 2.05) is 6.92 Å². The van der Waals surface area contributed by atoms with Crippen LogP contribution in [0.2, 0.25) is 0 Å². The first-order valence-electron chi connectivity index (χ1n) is 12.1. The number of likely N-dealkylation sites (N-methyl/N-ethyl adjacent to an activating group) is 1. The van der Waals surface area contributed by atoms with Gasteiger partial charge < -0.3 is 15.0 Å². The number of amides is 2. The van der Waals surface area contributed by atoms with Crippen molar-refractivity contribution in [1.29, 1.82) is 0 Å². The van der Waals surface area contributed by atoms with Gasteiger partial charge in [-0.05, 0) is 51.1 Å². The van der Waals surface area contributed by atoms with E-state index >= 15 is 0 Å². The number of carbonyl (C=O) groups is 2. The van der Waals surface area contributed by atoms with Gasteiger partial charge in [0, 0.05) is 18.7 Å². The van der Waals surface area contributed by atoms with Gasteiger partial charge in [0.1, 0.15) is 24.2 Å². The van der Waals surface area contributed by atoms with Crippen molar-refractivity contribution in [2.75, 3.05) is 24.5 Å². The van der Waals surface area contributed by atoms with E-state index in [0.717, 1.165) is 9.87 Å². The zero-order valence-corrected chi connectivity index (χ0v) is 22.7. The van der Waals surface area contributed by atoms with Crippen LogP contribution in [-0.2, 0) is 26.2 Å². The lowest BCUT2D eigenvalue weighted by atomic mass is 10.1. The number of ether oxygens (including phenoxy) is 1. The molecule has 8 nitrogen and oxygen atoms in total. The van der Waals surface area contributed by atoms with E-state index in [1.54, 1.807) is 43.3 Å². The van der Waals surface area contributed by atoms with E-state index < -0.39 is 40.2 Å². The minimum atomic E-state index is -4.24. The van der Waals surface area contributed by atoms with Crippen LogP contribution in [0.15, 0.2) is 77.7 Å². The van der Waals surface area contributed by atoms with Crippen molar-refractivity contribution in [2.24, 2.45) is 0 Å². The van der Waals surface area contributed by atoms with Gasteiger partial charge >= 0.3 is 0 Å². The van der Waals surface area contributed by atoms with Crippen LogP contribution in [0.4, 0.5) is 10.1 Å². The topological polar surface area (TPSA) is 96.0 Å². The van der Waals surface area contributed by atoms with Crippen LogP contribution in [0, 0.1) is 12.7 Å². The lowest BCUT2D eigenvalue weighted by molar-refractivity contribution is -0.139. The van der Waals surface area contributed by atoms with E-state index in [9.17, 15) is 22.4 Å². The maximum atomic E-state index is 14.5. The summed E-state index contributed by atoms with van der Waals surface area (Å²) >= 11 is 0.